The van der Waals surface area contributed by atoms with Gasteiger partial charge in [-0.3, -0.25) is 0 Å². The van der Waals surface area contributed by atoms with Crippen molar-refractivity contribution in [1.29, 1.82) is 0 Å². The van der Waals surface area contributed by atoms with Gasteiger partial charge in [-0.1, -0.05) is 15.9 Å². The summed E-state index contributed by atoms with van der Waals surface area (Å²) in [6.45, 7) is 5.18. The van der Waals surface area contributed by atoms with Gasteiger partial charge in [0.2, 0.25) is 0 Å². The Kier molecular flexibility index (Phi) is 3.41. The molecular weight excluding hydrogens is 248 g/mol. The summed E-state index contributed by atoms with van der Waals surface area (Å²) in [4.78, 5) is 1.67. The number of halogens is 1. The molecule has 2 N–H and O–H groups in total. The smallest absolute Gasteiger partial charge is 0.111 e. The highest BCUT2D eigenvalue weighted by molar-refractivity contribution is 9.11. The van der Waals surface area contributed by atoms with Gasteiger partial charge in [-0.15, -0.1) is 0 Å². The van der Waals surface area contributed by atoms with E-state index in [0.29, 0.717) is 6.42 Å². The van der Waals surface area contributed by atoms with Crippen LogP contribution in [0.3, 0.4) is 0 Å². The highest BCUT2D eigenvalue weighted by Crippen LogP contribution is 2.36. The minimum Gasteiger partial charge on any atom is -0.390 e. The van der Waals surface area contributed by atoms with Crippen LogP contribution in [-0.2, 0) is 4.74 Å². The highest BCUT2D eigenvalue weighted by atomic mass is 79.9. The second kappa shape index (κ2) is 3.93. The van der Waals surface area contributed by atoms with E-state index in [0.717, 1.165) is 0 Å². The van der Waals surface area contributed by atoms with Crippen LogP contribution in [0.1, 0.15) is 27.2 Å². The molecule has 0 aliphatic carbocycles. The maximum Gasteiger partial charge on any atom is 0.111 e. The van der Waals surface area contributed by atoms with Crippen molar-refractivity contribution in [3.63, 3.8) is 0 Å². The van der Waals surface area contributed by atoms with Gasteiger partial charge >= 0.3 is 0 Å². The molecule has 14 heavy (non-hydrogen) atoms. The van der Waals surface area contributed by atoms with Crippen molar-refractivity contribution >= 4 is 15.9 Å². The number of rotatable bonds is 2. The monoisotopic (exact) mass is 264 g/mol. The molecule has 0 unspecified atom stereocenters. The van der Waals surface area contributed by atoms with Gasteiger partial charge in [0.05, 0.1) is 17.8 Å². The molecule has 1 aliphatic heterocycles. The Labute approximate surface area is 92.9 Å². The van der Waals surface area contributed by atoms with Crippen LogP contribution in [0.4, 0.5) is 0 Å². The quantitative estimate of drug-likeness (QED) is 0.796. The van der Waals surface area contributed by atoms with E-state index in [9.17, 15) is 10.2 Å². The first-order valence-electron chi connectivity index (χ1n) is 4.66. The maximum absolute atomic E-state index is 9.80. The van der Waals surface area contributed by atoms with Crippen LogP contribution >= 0.6 is 15.9 Å². The molecule has 3 nitrogen and oxygen atoms in total. The number of hydrogen-bond donors (Lipinski definition) is 2. The molecule has 3 atom stereocenters. The zero-order chi connectivity index (χ0) is 11.0. The second-order valence-electron chi connectivity index (χ2n) is 4.49. The van der Waals surface area contributed by atoms with Crippen molar-refractivity contribution in [2.45, 2.75) is 50.6 Å². The van der Waals surface area contributed by atoms with Crippen LogP contribution in [0.5, 0.6) is 0 Å². The summed E-state index contributed by atoms with van der Waals surface area (Å²) in [5, 5.41) is 19.6. The van der Waals surface area contributed by atoms with E-state index in [-0.39, 0.29) is 6.10 Å². The van der Waals surface area contributed by atoms with Crippen LogP contribution in [0, 0.1) is 0 Å². The molecule has 0 amide bonds. The van der Waals surface area contributed by atoms with E-state index in [2.05, 4.69) is 15.9 Å². The lowest BCUT2D eigenvalue weighted by atomic mass is 9.94. The third-order valence-corrected chi connectivity index (χ3v) is 2.94. The first-order valence-corrected chi connectivity index (χ1v) is 5.57. The predicted octanol–water partition coefficient (Wildman–Crippen LogP) is 1.57. The molecule has 0 bridgehead atoms. The summed E-state index contributed by atoms with van der Waals surface area (Å²) in [7, 11) is 0. The molecule has 0 aromatic carbocycles. The molecule has 1 heterocycles. The van der Waals surface area contributed by atoms with E-state index < -0.39 is 17.3 Å². The topological polar surface area (TPSA) is 49.7 Å². The maximum atomic E-state index is 9.80. The number of aliphatic hydroxyl groups excluding tert-OH is 1. The molecule has 1 rings (SSSR count). The van der Waals surface area contributed by atoms with Gasteiger partial charge in [-0.2, -0.15) is 0 Å². The Balaban J connectivity index is 2.78. The summed E-state index contributed by atoms with van der Waals surface area (Å²) < 4.78 is 5.65. The molecule has 1 aliphatic rings. The molecule has 82 valence electrons. The van der Waals surface area contributed by atoms with Crippen LogP contribution < -0.4 is 0 Å². The molecule has 0 saturated carbocycles. The number of aliphatic hydroxyl groups is 2. The largest absolute Gasteiger partial charge is 0.390 e. The van der Waals surface area contributed by atoms with Crippen molar-refractivity contribution in [1.82, 2.24) is 0 Å². The van der Waals surface area contributed by atoms with Gasteiger partial charge in [0.25, 0.3) is 0 Å². The molecule has 0 aromatic rings. The minimum absolute atomic E-state index is 0.328. The SMILES string of the molecule is CC(C)(O)[C@@H]1C[C@H](O)[C@@](C)(/C=C/Br)O1. The predicted molar refractivity (Wildman–Crippen MR) is 58.3 cm³/mol. The lowest BCUT2D eigenvalue weighted by molar-refractivity contribution is -0.108. The Hall–Kier alpha value is 0.1000. The first-order chi connectivity index (χ1) is 6.29. The molecule has 1 saturated heterocycles. The van der Waals surface area contributed by atoms with E-state index in [1.165, 1.54) is 0 Å². The Bertz CT molecular complexity index is 234. The molecule has 0 aromatic heterocycles. The van der Waals surface area contributed by atoms with E-state index in [1.54, 1.807) is 31.8 Å². The molecule has 4 heteroatoms. The number of ether oxygens (including phenoxy) is 1. The summed E-state index contributed by atoms with van der Waals surface area (Å²) in [5.74, 6) is 0. The van der Waals surface area contributed by atoms with E-state index >= 15 is 0 Å². The van der Waals surface area contributed by atoms with Crippen molar-refractivity contribution in [3.8, 4) is 0 Å². The Morgan fingerprint density at radius 2 is 2.14 bits per heavy atom. The van der Waals surface area contributed by atoms with Crippen molar-refractivity contribution in [3.05, 3.63) is 11.1 Å². The van der Waals surface area contributed by atoms with Gasteiger partial charge in [0.15, 0.2) is 0 Å². The van der Waals surface area contributed by atoms with Gasteiger partial charge in [0, 0.05) is 6.42 Å². The fourth-order valence-corrected chi connectivity index (χ4v) is 2.10. The molecule has 0 radical (unpaired) electrons. The zero-order valence-corrected chi connectivity index (χ0v) is 10.3. The third kappa shape index (κ3) is 2.37. The Morgan fingerprint density at radius 3 is 2.50 bits per heavy atom. The molecule has 1 fully saturated rings. The van der Waals surface area contributed by atoms with Crippen LogP contribution in [0.15, 0.2) is 11.1 Å². The van der Waals surface area contributed by atoms with Crippen molar-refractivity contribution in [2.75, 3.05) is 0 Å². The van der Waals surface area contributed by atoms with Crippen molar-refractivity contribution < 1.29 is 14.9 Å². The van der Waals surface area contributed by atoms with Gasteiger partial charge < -0.3 is 14.9 Å². The zero-order valence-electron chi connectivity index (χ0n) is 8.70. The van der Waals surface area contributed by atoms with Gasteiger partial charge in [-0.05, 0) is 31.8 Å². The second-order valence-corrected chi connectivity index (χ2v) is 5.02. The Morgan fingerprint density at radius 1 is 1.57 bits per heavy atom. The fraction of sp³-hybridized carbons (Fsp3) is 0.800. The lowest BCUT2D eigenvalue weighted by Crippen LogP contribution is -2.38. The molecular formula is C10H17BrO3. The summed E-state index contributed by atoms with van der Waals surface area (Å²) in [5.41, 5.74) is -1.62. The normalized spacial score (nSPS) is 39.6. The van der Waals surface area contributed by atoms with E-state index in [4.69, 9.17) is 4.74 Å². The lowest BCUT2D eigenvalue weighted by Gasteiger charge is -2.28. The van der Waals surface area contributed by atoms with E-state index in [1.807, 2.05) is 0 Å². The van der Waals surface area contributed by atoms with Crippen LogP contribution in [-0.4, -0.2) is 33.6 Å². The summed E-state index contributed by atoms with van der Waals surface area (Å²) in [6.07, 6.45) is 1.31. The fourth-order valence-electron chi connectivity index (χ4n) is 1.58. The standard InChI is InChI=1S/C10H17BrO3/c1-9(2,13)8-6-7(12)10(3,14-8)4-5-11/h4-5,7-8,12-13H,6H2,1-3H3/b5-4+/t7-,8-,10+/m0/s1. The third-order valence-electron chi connectivity index (χ3n) is 2.68. The van der Waals surface area contributed by atoms with Gasteiger partial charge in [-0.25, -0.2) is 0 Å². The summed E-state index contributed by atoms with van der Waals surface area (Å²) >= 11 is 3.16. The van der Waals surface area contributed by atoms with Crippen LogP contribution in [0.25, 0.3) is 0 Å². The first kappa shape index (κ1) is 12.2. The molecule has 0 spiro atoms. The van der Waals surface area contributed by atoms with Crippen molar-refractivity contribution in [2.24, 2.45) is 0 Å². The summed E-state index contributed by atoms with van der Waals surface area (Å²) in [6, 6.07) is 0. The average Bonchev–Trinajstić information content (AvgIpc) is 2.28. The minimum atomic E-state index is -0.918. The number of hydrogen-bond acceptors (Lipinski definition) is 3. The highest BCUT2D eigenvalue weighted by Gasteiger charge is 2.47. The average molecular weight is 265 g/mol. The van der Waals surface area contributed by atoms with Crippen LogP contribution in [0.2, 0.25) is 0 Å². The van der Waals surface area contributed by atoms with Gasteiger partial charge in [0.1, 0.15) is 5.60 Å².